The summed E-state index contributed by atoms with van der Waals surface area (Å²) in [5, 5.41) is 9.20. The summed E-state index contributed by atoms with van der Waals surface area (Å²) >= 11 is 1.76. The average Bonchev–Trinajstić information content (AvgIpc) is 2.16. The van der Waals surface area contributed by atoms with E-state index in [1.165, 1.54) is 6.42 Å². The molecule has 76 valence electrons. The molecule has 1 rings (SSSR count). The molecule has 1 aliphatic carbocycles. The van der Waals surface area contributed by atoms with Crippen molar-refractivity contribution in [2.45, 2.75) is 39.0 Å². The topological polar surface area (TPSA) is 37.3 Å². The van der Waals surface area contributed by atoms with Gasteiger partial charge < -0.3 is 5.11 Å². The first kappa shape index (κ1) is 10.9. The Labute approximate surface area is 84.1 Å². The number of rotatable bonds is 4. The molecule has 0 unspecified atom stereocenters. The van der Waals surface area contributed by atoms with Gasteiger partial charge in [0.15, 0.2) is 0 Å². The highest BCUT2D eigenvalue weighted by Gasteiger charge is 2.38. The van der Waals surface area contributed by atoms with Crippen molar-refractivity contribution in [3.05, 3.63) is 0 Å². The minimum atomic E-state index is -0.576. The molecule has 1 saturated carbocycles. The molecule has 0 aliphatic heterocycles. The third kappa shape index (κ3) is 2.63. The van der Waals surface area contributed by atoms with Crippen LogP contribution in [0.15, 0.2) is 0 Å². The van der Waals surface area contributed by atoms with E-state index in [1.54, 1.807) is 11.8 Å². The van der Waals surface area contributed by atoms with E-state index in [2.05, 4.69) is 6.92 Å². The minimum absolute atomic E-state index is 0.390. The van der Waals surface area contributed by atoms with Crippen LogP contribution in [-0.4, -0.2) is 22.6 Å². The molecule has 13 heavy (non-hydrogen) atoms. The van der Waals surface area contributed by atoms with Crippen LogP contribution in [-0.2, 0) is 4.79 Å². The highest BCUT2D eigenvalue weighted by Crippen LogP contribution is 2.39. The van der Waals surface area contributed by atoms with Crippen molar-refractivity contribution in [2.24, 2.45) is 5.41 Å². The van der Waals surface area contributed by atoms with Crippen molar-refractivity contribution < 1.29 is 9.90 Å². The van der Waals surface area contributed by atoms with Crippen LogP contribution in [0.2, 0.25) is 0 Å². The van der Waals surface area contributed by atoms with Crippen LogP contribution < -0.4 is 0 Å². The lowest BCUT2D eigenvalue weighted by Gasteiger charge is -2.32. The number of carbonyl (C=O) groups is 1. The lowest BCUT2D eigenvalue weighted by Crippen LogP contribution is -2.35. The van der Waals surface area contributed by atoms with Crippen LogP contribution in [0.4, 0.5) is 0 Å². The van der Waals surface area contributed by atoms with Crippen LogP contribution in [0.3, 0.4) is 0 Å². The number of thioether (sulfide) groups is 1. The van der Waals surface area contributed by atoms with Gasteiger partial charge in [-0.3, -0.25) is 4.79 Å². The van der Waals surface area contributed by atoms with E-state index in [4.69, 9.17) is 0 Å². The highest BCUT2D eigenvalue weighted by atomic mass is 32.2. The van der Waals surface area contributed by atoms with Crippen LogP contribution in [0.1, 0.15) is 39.0 Å². The molecule has 0 atom stereocenters. The van der Waals surface area contributed by atoms with Crippen LogP contribution in [0.25, 0.3) is 0 Å². The van der Waals surface area contributed by atoms with E-state index < -0.39 is 5.97 Å². The zero-order chi connectivity index (χ0) is 9.73. The molecule has 0 spiro atoms. The fraction of sp³-hybridized carbons (Fsp3) is 0.900. The smallest absolute Gasteiger partial charge is 0.310 e. The van der Waals surface area contributed by atoms with Crippen molar-refractivity contribution in [1.29, 1.82) is 0 Å². The lowest BCUT2D eigenvalue weighted by molar-refractivity contribution is -0.149. The van der Waals surface area contributed by atoms with Crippen molar-refractivity contribution in [3.8, 4) is 0 Å². The first-order chi connectivity index (χ1) is 6.21. The molecule has 0 aromatic rings. The number of carboxylic acids is 1. The quantitative estimate of drug-likeness (QED) is 0.761. The molecule has 2 nitrogen and oxygen atoms in total. The molecule has 1 N–H and O–H groups in total. The summed E-state index contributed by atoms with van der Waals surface area (Å²) in [6.07, 6.45) is 5.17. The second-order valence-corrected chi connectivity index (χ2v) is 5.06. The van der Waals surface area contributed by atoms with Crippen LogP contribution in [0, 0.1) is 5.41 Å². The second-order valence-electron chi connectivity index (χ2n) is 3.78. The van der Waals surface area contributed by atoms with Crippen molar-refractivity contribution in [1.82, 2.24) is 0 Å². The summed E-state index contributed by atoms with van der Waals surface area (Å²) in [5.41, 5.74) is -0.390. The van der Waals surface area contributed by atoms with E-state index in [9.17, 15) is 9.90 Å². The second kappa shape index (κ2) is 4.89. The highest BCUT2D eigenvalue weighted by molar-refractivity contribution is 7.99. The Morgan fingerprint density at radius 3 is 2.46 bits per heavy atom. The first-order valence-corrected chi connectivity index (χ1v) is 6.18. The van der Waals surface area contributed by atoms with Gasteiger partial charge in [-0.1, -0.05) is 26.2 Å². The van der Waals surface area contributed by atoms with Gasteiger partial charge in [-0.2, -0.15) is 11.8 Å². The zero-order valence-corrected chi connectivity index (χ0v) is 9.03. The number of hydrogen-bond donors (Lipinski definition) is 1. The standard InChI is InChI=1S/C10H18O2S/c1-2-13-8-10(9(11)12)6-4-3-5-7-10/h2-8H2,1H3,(H,11,12). The summed E-state index contributed by atoms with van der Waals surface area (Å²) in [6.45, 7) is 2.09. The Balaban J connectivity index is 2.56. The van der Waals surface area contributed by atoms with E-state index in [0.717, 1.165) is 37.2 Å². The molecule has 0 heterocycles. The van der Waals surface area contributed by atoms with Gasteiger partial charge in [0.1, 0.15) is 0 Å². The van der Waals surface area contributed by atoms with Crippen LogP contribution in [0.5, 0.6) is 0 Å². The molecule has 0 aromatic heterocycles. The average molecular weight is 202 g/mol. The zero-order valence-electron chi connectivity index (χ0n) is 8.21. The van der Waals surface area contributed by atoms with E-state index in [-0.39, 0.29) is 5.41 Å². The lowest BCUT2D eigenvalue weighted by atomic mass is 9.76. The Kier molecular flexibility index (Phi) is 4.10. The molecule has 0 aromatic carbocycles. The van der Waals surface area contributed by atoms with Crippen LogP contribution >= 0.6 is 11.8 Å². The van der Waals surface area contributed by atoms with Gasteiger partial charge in [0.25, 0.3) is 0 Å². The molecule has 0 radical (unpaired) electrons. The number of carboxylic acid groups (broad SMARTS) is 1. The normalized spacial score (nSPS) is 21.3. The van der Waals surface area contributed by atoms with Gasteiger partial charge in [0, 0.05) is 5.75 Å². The van der Waals surface area contributed by atoms with E-state index in [0.29, 0.717) is 0 Å². The summed E-state index contributed by atoms with van der Waals surface area (Å²) in [4.78, 5) is 11.2. The summed E-state index contributed by atoms with van der Waals surface area (Å²) in [5.74, 6) is 1.25. The SMILES string of the molecule is CCSCC1(C(=O)O)CCCCC1. The maximum Gasteiger partial charge on any atom is 0.310 e. The molecular formula is C10H18O2S. The summed E-state index contributed by atoms with van der Waals surface area (Å²) in [7, 11) is 0. The Morgan fingerprint density at radius 1 is 1.38 bits per heavy atom. The predicted molar refractivity (Wildman–Crippen MR) is 56.2 cm³/mol. The monoisotopic (exact) mass is 202 g/mol. The van der Waals surface area contributed by atoms with Gasteiger partial charge in [0.2, 0.25) is 0 Å². The van der Waals surface area contributed by atoms with Crippen molar-refractivity contribution in [3.63, 3.8) is 0 Å². The van der Waals surface area contributed by atoms with Gasteiger partial charge in [-0.15, -0.1) is 0 Å². The molecule has 0 amide bonds. The fourth-order valence-electron chi connectivity index (χ4n) is 1.95. The Hall–Kier alpha value is -0.180. The van der Waals surface area contributed by atoms with Crippen molar-refractivity contribution in [2.75, 3.05) is 11.5 Å². The fourth-order valence-corrected chi connectivity index (χ4v) is 2.95. The van der Waals surface area contributed by atoms with Gasteiger partial charge in [0.05, 0.1) is 5.41 Å². The minimum Gasteiger partial charge on any atom is -0.481 e. The van der Waals surface area contributed by atoms with E-state index in [1.807, 2.05) is 0 Å². The van der Waals surface area contributed by atoms with Gasteiger partial charge in [-0.05, 0) is 18.6 Å². The summed E-state index contributed by atoms with van der Waals surface area (Å²) < 4.78 is 0. The molecule has 0 bridgehead atoms. The molecule has 1 fully saturated rings. The number of hydrogen-bond acceptors (Lipinski definition) is 2. The Bertz CT molecular complexity index is 174. The van der Waals surface area contributed by atoms with Crippen molar-refractivity contribution >= 4 is 17.7 Å². The number of aliphatic carboxylic acids is 1. The molecule has 3 heteroatoms. The maximum absolute atomic E-state index is 11.2. The molecule has 0 saturated heterocycles. The van der Waals surface area contributed by atoms with Gasteiger partial charge in [-0.25, -0.2) is 0 Å². The van der Waals surface area contributed by atoms with E-state index >= 15 is 0 Å². The first-order valence-electron chi connectivity index (χ1n) is 5.02. The predicted octanol–water partition coefficient (Wildman–Crippen LogP) is 2.77. The maximum atomic E-state index is 11.2. The molecular weight excluding hydrogens is 184 g/mol. The third-order valence-electron chi connectivity index (χ3n) is 2.85. The largest absolute Gasteiger partial charge is 0.481 e. The molecule has 1 aliphatic rings. The Morgan fingerprint density at radius 2 is 2.00 bits per heavy atom. The third-order valence-corrected chi connectivity index (χ3v) is 4.01. The summed E-state index contributed by atoms with van der Waals surface area (Å²) in [6, 6.07) is 0. The van der Waals surface area contributed by atoms with Gasteiger partial charge >= 0.3 is 5.97 Å².